The van der Waals surface area contributed by atoms with Crippen LogP contribution in [-0.2, 0) is 10.8 Å². The maximum Gasteiger partial charge on any atom is -0.0132 e. The van der Waals surface area contributed by atoms with E-state index in [-0.39, 0.29) is 10.8 Å². The summed E-state index contributed by atoms with van der Waals surface area (Å²) in [5.41, 5.74) is 3.18. The predicted molar refractivity (Wildman–Crippen MR) is 98.9 cm³/mol. The molecule has 0 atom stereocenters. The molecule has 0 aliphatic heterocycles. The van der Waals surface area contributed by atoms with Gasteiger partial charge >= 0.3 is 0 Å². The fraction of sp³-hybridized carbons (Fsp3) is 0.364. The number of benzene rings is 3. The van der Waals surface area contributed by atoms with Crippen molar-refractivity contribution in [3.63, 3.8) is 0 Å². The number of hydrogen-bond donors (Lipinski definition) is 0. The summed E-state index contributed by atoms with van der Waals surface area (Å²) >= 11 is 0. The molecule has 0 amide bonds. The van der Waals surface area contributed by atoms with Crippen LogP contribution < -0.4 is 0 Å². The fourth-order valence-electron chi connectivity index (χ4n) is 2.93. The molecule has 22 heavy (non-hydrogen) atoms. The molecule has 0 unspecified atom stereocenters. The third-order valence-corrected chi connectivity index (χ3v) is 4.53. The van der Waals surface area contributed by atoms with Crippen molar-refractivity contribution in [1.82, 2.24) is 0 Å². The van der Waals surface area contributed by atoms with Crippen molar-refractivity contribution in [2.24, 2.45) is 0 Å². The van der Waals surface area contributed by atoms with Gasteiger partial charge in [0, 0.05) is 0 Å². The van der Waals surface area contributed by atoms with Crippen LogP contribution in [0.15, 0.2) is 48.5 Å². The topological polar surface area (TPSA) is 0 Å². The van der Waals surface area contributed by atoms with Gasteiger partial charge in [-0.3, -0.25) is 0 Å². The average Bonchev–Trinajstić information content (AvgIpc) is 2.41. The standard InChI is InChI=1S/C22H26/c1-21(2,3)19-9-7-15-12-18-14-20(22(4,5)6)10-8-16(18)11-17(15)13-19/h7-14H,1-6H3. The van der Waals surface area contributed by atoms with E-state index in [2.05, 4.69) is 90.1 Å². The molecule has 0 radical (unpaired) electrons. The highest BCUT2D eigenvalue weighted by molar-refractivity contribution is 5.98. The highest BCUT2D eigenvalue weighted by atomic mass is 14.2. The molecule has 3 rings (SSSR count). The van der Waals surface area contributed by atoms with Gasteiger partial charge in [0.15, 0.2) is 0 Å². The molecule has 114 valence electrons. The number of hydrogen-bond acceptors (Lipinski definition) is 0. The van der Waals surface area contributed by atoms with Crippen LogP contribution >= 0.6 is 0 Å². The van der Waals surface area contributed by atoms with Crippen LogP contribution in [0.4, 0.5) is 0 Å². The van der Waals surface area contributed by atoms with Crippen molar-refractivity contribution in [3.05, 3.63) is 59.7 Å². The van der Waals surface area contributed by atoms with E-state index in [1.54, 1.807) is 0 Å². The molecule has 0 N–H and O–H groups in total. The predicted octanol–water partition coefficient (Wildman–Crippen LogP) is 6.59. The van der Waals surface area contributed by atoms with Crippen LogP contribution in [0.3, 0.4) is 0 Å². The van der Waals surface area contributed by atoms with Crippen molar-refractivity contribution < 1.29 is 0 Å². The molecule has 0 fully saturated rings. The van der Waals surface area contributed by atoms with Gasteiger partial charge in [-0.05, 0) is 55.6 Å². The second-order valence-corrected chi connectivity index (χ2v) is 8.48. The van der Waals surface area contributed by atoms with E-state index in [1.807, 2.05) is 0 Å². The zero-order valence-electron chi connectivity index (χ0n) is 14.6. The lowest BCUT2D eigenvalue weighted by Gasteiger charge is -2.21. The first kappa shape index (κ1) is 15.1. The van der Waals surface area contributed by atoms with Crippen LogP contribution in [0.25, 0.3) is 21.5 Å². The summed E-state index contributed by atoms with van der Waals surface area (Å²) in [6.07, 6.45) is 0. The zero-order valence-corrected chi connectivity index (χ0v) is 14.6. The van der Waals surface area contributed by atoms with Gasteiger partial charge in [0.25, 0.3) is 0 Å². The first-order chi connectivity index (χ1) is 10.1. The second kappa shape index (κ2) is 4.84. The summed E-state index contributed by atoms with van der Waals surface area (Å²) in [6.45, 7) is 13.6. The Morgan fingerprint density at radius 3 is 1.14 bits per heavy atom. The van der Waals surface area contributed by atoms with Gasteiger partial charge in [-0.25, -0.2) is 0 Å². The molecular formula is C22H26. The minimum Gasteiger partial charge on any atom is -0.0579 e. The summed E-state index contributed by atoms with van der Waals surface area (Å²) in [6, 6.07) is 18.4. The van der Waals surface area contributed by atoms with Crippen LogP contribution in [0.2, 0.25) is 0 Å². The lowest BCUT2D eigenvalue weighted by atomic mass is 9.84. The molecule has 0 aliphatic rings. The van der Waals surface area contributed by atoms with E-state index in [0.717, 1.165) is 0 Å². The van der Waals surface area contributed by atoms with E-state index in [9.17, 15) is 0 Å². The molecule has 0 saturated heterocycles. The molecule has 0 aliphatic carbocycles. The molecule has 0 heteroatoms. The third kappa shape index (κ3) is 2.75. The Labute approximate surface area is 134 Å². The molecule has 0 saturated carbocycles. The van der Waals surface area contributed by atoms with Crippen molar-refractivity contribution in [3.8, 4) is 0 Å². The maximum atomic E-state index is 2.34. The van der Waals surface area contributed by atoms with Crippen molar-refractivity contribution in [2.45, 2.75) is 52.4 Å². The summed E-state index contributed by atoms with van der Waals surface area (Å²) in [4.78, 5) is 0. The fourth-order valence-corrected chi connectivity index (χ4v) is 2.93. The highest BCUT2D eigenvalue weighted by Gasteiger charge is 2.15. The van der Waals surface area contributed by atoms with Crippen LogP contribution in [0.1, 0.15) is 52.7 Å². The summed E-state index contributed by atoms with van der Waals surface area (Å²) in [5, 5.41) is 5.32. The molecule has 3 aromatic rings. The molecule has 0 nitrogen and oxygen atoms in total. The van der Waals surface area contributed by atoms with Crippen LogP contribution in [0, 0.1) is 0 Å². The molecule has 0 spiro atoms. The Morgan fingerprint density at radius 1 is 0.455 bits per heavy atom. The first-order valence-corrected chi connectivity index (χ1v) is 8.13. The Bertz CT molecular complexity index is 766. The zero-order chi connectivity index (χ0) is 16.1. The van der Waals surface area contributed by atoms with E-state index in [4.69, 9.17) is 0 Å². The van der Waals surface area contributed by atoms with E-state index >= 15 is 0 Å². The van der Waals surface area contributed by atoms with Gasteiger partial charge in [-0.2, -0.15) is 0 Å². The normalized spacial score (nSPS) is 13.0. The maximum absolute atomic E-state index is 2.34. The summed E-state index contributed by atoms with van der Waals surface area (Å²) < 4.78 is 0. The second-order valence-electron chi connectivity index (χ2n) is 8.48. The lowest BCUT2D eigenvalue weighted by molar-refractivity contribution is 0.590. The van der Waals surface area contributed by atoms with Crippen molar-refractivity contribution >= 4 is 21.5 Å². The Hall–Kier alpha value is -1.82. The van der Waals surface area contributed by atoms with E-state index < -0.39 is 0 Å². The highest BCUT2D eigenvalue weighted by Crippen LogP contribution is 2.31. The van der Waals surface area contributed by atoms with Gasteiger partial charge in [-0.1, -0.05) is 77.9 Å². The van der Waals surface area contributed by atoms with Crippen molar-refractivity contribution in [2.75, 3.05) is 0 Å². The van der Waals surface area contributed by atoms with Gasteiger partial charge < -0.3 is 0 Å². The molecule has 3 aromatic carbocycles. The van der Waals surface area contributed by atoms with Crippen molar-refractivity contribution in [1.29, 1.82) is 0 Å². The smallest absolute Gasteiger partial charge is 0.0132 e. The van der Waals surface area contributed by atoms with Crippen LogP contribution in [-0.4, -0.2) is 0 Å². The van der Waals surface area contributed by atoms with E-state index in [0.29, 0.717) is 0 Å². The van der Waals surface area contributed by atoms with Gasteiger partial charge in [0.05, 0.1) is 0 Å². The quantitative estimate of drug-likeness (QED) is 0.410. The Kier molecular flexibility index (Phi) is 3.32. The third-order valence-electron chi connectivity index (χ3n) is 4.53. The SMILES string of the molecule is CC(C)(C)c1ccc2cc3cc(C(C)(C)C)ccc3cc2c1. The van der Waals surface area contributed by atoms with Gasteiger partial charge in [0.2, 0.25) is 0 Å². The Morgan fingerprint density at radius 2 is 0.818 bits per heavy atom. The number of fused-ring (bicyclic) bond motifs is 2. The van der Waals surface area contributed by atoms with E-state index in [1.165, 1.54) is 32.7 Å². The summed E-state index contributed by atoms with van der Waals surface area (Å²) in [5.74, 6) is 0. The molecule has 0 heterocycles. The first-order valence-electron chi connectivity index (χ1n) is 8.13. The molecule has 0 bridgehead atoms. The monoisotopic (exact) mass is 290 g/mol. The van der Waals surface area contributed by atoms with Crippen LogP contribution in [0.5, 0.6) is 0 Å². The minimum absolute atomic E-state index is 0.194. The lowest BCUT2D eigenvalue weighted by Crippen LogP contribution is -2.11. The summed E-state index contributed by atoms with van der Waals surface area (Å²) in [7, 11) is 0. The molecular weight excluding hydrogens is 264 g/mol. The van der Waals surface area contributed by atoms with Gasteiger partial charge in [-0.15, -0.1) is 0 Å². The van der Waals surface area contributed by atoms with Gasteiger partial charge in [0.1, 0.15) is 0 Å². The minimum atomic E-state index is 0.194. The average molecular weight is 290 g/mol. The largest absolute Gasteiger partial charge is 0.0579 e. The number of rotatable bonds is 0. The molecule has 0 aromatic heterocycles. The Balaban J connectivity index is 2.22.